The van der Waals surface area contributed by atoms with Gasteiger partial charge in [0, 0.05) is 24.3 Å². The normalized spacial score (nSPS) is 21.7. The van der Waals surface area contributed by atoms with Crippen molar-refractivity contribution in [2.24, 2.45) is 5.92 Å². The first-order valence-electron chi connectivity index (χ1n) is 11.8. The average molecular weight is 433 g/mol. The highest BCUT2D eigenvalue weighted by molar-refractivity contribution is 5.92. The van der Waals surface area contributed by atoms with Crippen LogP contribution in [0.25, 0.3) is 0 Å². The number of rotatable bonds is 9. The van der Waals surface area contributed by atoms with Crippen LogP contribution in [0.2, 0.25) is 0 Å². The predicted octanol–water partition coefficient (Wildman–Crippen LogP) is 2.12. The maximum Gasteiger partial charge on any atom is 0.279 e. The number of carbonyl (C=O) groups excluding carboxylic acids is 2. The van der Waals surface area contributed by atoms with E-state index in [9.17, 15) is 9.59 Å². The molecule has 1 aliphatic carbocycles. The van der Waals surface area contributed by atoms with Crippen molar-refractivity contribution in [3.8, 4) is 11.5 Å². The summed E-state index contributed by atoms with van der Waals surface area (Å²) in [6.45, 7) is 6.36. The van der Waals surface area contributed by atoms with E-state index in [0.29, 0.717) is 48.9 Å². The third kappa shape index (κ3) is 6.35. The van der Waals surface area contributed by atoms with Gasteiger partial charge < -0.3 is 24.6 Å². The number of likely N-dealkylation sites (tertiary alicyclic amines) is 1. The van der Waals surface area contributed by atoms with Crippen molar-refractivity contribution >= 4 is 17.5 Å². The van der Waals surface area contributed by atoms with Crippen molar-refractivity contribution in [2.45, 2.75) is 58.4 Å². The standard InChI is InChI=1S/C24H37N3O4/c1-4-30-21-13-12-19(15-22(21)31-5-2)25-23(28)16-26(3)17-24(29)27-14-8-10-18-9-6-7-11-20(18)27/h12-13,15,18,20H,4-11,14,16-17H2,1-3H3,(H,25,28)/p+1/t18-,20-/m0/s1. The molecule has 2 N–H and O–H groups in total. The Kier molecular flexibility index (Phi) is 8.58. The Balaban J connectivity index is 1.52. The van der Waals surface area contributed by atoms with Crippen molar-refractivity contribution in [2.75, 3.05) is 45.2 Å². The summed E-state index contributed by atoms with van der Waals surface area (Å²) in [5.74, 6) is 2.02. The fraction of sp³-hybridized carbons (Fsp3) is 0.667. The van der Waals surface area contributed by atoms with Crippen molar-refractivity contribution in [3.05, 3.63) is 18.2 Å². The molecule has 7 heteroatoms. The number of nitrogens with zero attached hydrogens (tertiary/aromatic N) is 1. The fourth-order valence-electron chi connectivity index (χ4n) is 4.96. The molecule has 1 saturated heterocycles. The molecule has 0 bridgehead atoms. The number of amides is 2. The average Bonchev–Trinajstić information content (AvgIpc) is 2.75. The molecule has 1 heterocycles. The quantitative estimate of drug-likeness (QED) is 0.627. The highest BCUT2D eigenvalue weighted by atomic mass is 16.5. The van der Waals surface area contributed by atoms with E-state index in [-0.39, 0.29) is 18.4 Å². The van der Waals surface area contributed by atoms with Gasteiger partial charge in [0.25, 0.3) is 11.8 Å². The van der Waals surface area contributed by atoms with E-state index in [0.717, 1.165) is 24.3 Å². The fourth-order valence-corrected chi connectivity index (χ4v) is 4.96. The zero-order valence-corrected chi connectivity index (χ0v) is 19.2. The lowest BCUT2D eigenvalue weighted by Crippen LogP contribution is -3.11. The van der Waals surface area contributed by atoms with Gasteiger partial charge in [-0.3, -0.25) is 9.59 Å². The summed E-state index contributed by atoms with van der Waals surface area (Å²) >= 11 is 0. The van der Waals surface area contributed by atoms with Gasteiger partial charge in [-0.25, -0.2) is 0 Å². The van der Waals surface area contributed by atoms with Crippen LogP contribution in [0.5, 0.6) is 11.5 Å². The summed E-state index contributed by atoms with van der Waals surface area (Å²) < 4.78 is 11.2. The first-order chi connectivity index (χ1) is 15.0. The minimum Gasteiger partial charge on any atom is -0.490 e. The summed E-state index contributed by atoms with van der Waals surface area (Å²) in [5.41, 5.74) is 0.664. The number of fused-ring (bicyclic) bond motifs is 1. The van der Waals surface area contributed by atoms with E-state index in [4.69, 9.17) is 9.47 Å². The lowest BCUT2D eigenvalue weighted by Gasteiger charge is -2.44. The molecule has 1 aliphatic heterocycles. The molecule has 1 aromatic rings. The third-order valence-electron chi connectivity index (χ3n) is 6.31. The lowest BCUT2D eigenvalue weighted by atomic mass is 9.78. The molecule has 3 rings (SSSR count). The number of hydrogen-bond donors (Lipinski definition) is 2. The predicted molar refractivity (Wildman–Crippen MR) is 121 cm³/mol. The molecule has 2 aliphatic rings. The number of likely N-dealkylation sites (N-methyl/N-ethyl adjacent to an activating group) is 1. The topological polar surface area (TPSA) is 72.3 Å². The van der Waals surface area contributed by atoms with Crippen LogP contribution in [-0.4, -0.2) is 62.7 Å². The molecule has 2 amide bonds. The number of carbonyl (C=O) groups is 2. The summed E-state index contributed by atoms with van der Waals surface area (Å²) in [7, 11) is 1.91. The first kappa shape index (κ1) is 23.4. The molecule has 1 aromatic carbocycles. The van der Waals surface area contributed by atoms with E-state index < -0.39 is 0 Å². The van der Waals surface area contributed by atoms with Gasteiger partial charge in [0.1, 0.15) is 0 Å². The molecule has 2 fully saturated rings. The molecule has 31 heavy (non-hydrogen) atoms. The van der Waals surface area contributed by atoms with E-state index in [1.54, 1.807) is 12.1 Å². The zero-order chi connectivity index (χ0) is 22.2. The molecule has 0 spiro atoms. The van der Waals surface area contributed by atoms with Crippen molar-refractivity contribution < 1.29 is 24.0 Å². The molecule has 172 valence electrons. The van der Waals surface area contributed by atoms with Gasteiger partial charge in [-0.15, -0.1) is 0 Å². The highest BCUT2D eigenvalue weighted by Gasteiger charge is 2.36. The first-order valence-corrected chi connectivity index (χ1v) is 11.8. The Morgan fingerprint density at radius 1 is 1.03 bits per heavy atom. The summed E-state index contributed by atoms with van der Waals surface area (Å²) in [5, 5.41) is 2.92. The Labute approximate surface area is 186 Å². The number of hydrogen-bond acceptors (Lipinski definition) is 4. The Morgan fingerprint density at radius 2 is 1.74 bits per heavy atom. The molecular weight excluding hydrogens is 394 g/mol. The van der Waals surface area contributed by atoms with Crippen LogP contribution in [0.3, 0.4) is 0 Å². The number of quaternary nitrogens is 1. The second-order valence-electron chi connectivity index (χ2n) is 8.73. The van der Waals surface area contributed by atoms with Gasteiger partial charge in [-0.2, -0.15) is 0 Å². The largest absolute Gasteiger partial charge is 0.490 e. The Hall–Kier alpha value is -2.28. The second-order valence-corrected chi connectivity index (χ2v) is 8.73. The van der Waals surface area contributed by atoms with Crippen LogP contribution in [0.15, 0.2) is 18.2 Å². The van der Waals surface area contributed by atoms with E-state index in [1.807, 2.05) is 27.0 Å². The zero-order valence-electron chi connectivity index (χ0n) is 19.2. The van der Waals surface area contributed by atoms with Crippen LogP contribution < -0.4 is 19.7 Å². The monoisotopic (exact) mass is 432 g/mol. The van der Waals surface area contributed by atoms with Crippen molar-refractivity contribution in [1.82, 2.24) is 4.90 Å². The second kappa shape index (κ2) is 11.4. The summed E-state index contributed by atoms with van der Waals surface area (Å²) in [6, 6.07) is 5.81. The molecule has 1 saturated carbocycles. The van der Waals surface area contributed by atoms with Crippen LogP contribution in [-0.2, 0) is 9.59 Å². The smallest absolute Gasteiger partial charge is 0.279 e. The van der Waals surface area contributed by atoms with Gasteiger partial charge in [0.05, 0.1) is 20.3 Å². The molecular formula is C24H38N3O4+. The summed E-state index contributed by atoms with van der Waals surface area (Å²) in [6.07, 6.45) is 7.27. The van der Waals surface area contributed by atoms with Crippen LogP contribution >= 0.6 is 0 Å². The highest BCUT2D eigenvalue weighted by Crippen LogP contribution is 2.35. The van der Waals surface area contributed by atoms with Gasteiger partial charge >= 0.3 is 0 Å². The SMILES string of the molecule is CCOc1ccc(NC(=O)C[NH+](C)CC(=O)N2CCC[C@@H]3CCCC[C@@H]32)cc1OCC. The minimum absolute atomic E-state index is 0.119. The maximum absolute atomic E-state index is 13.0. The van der Waals surface area contributed by atoms with Crippen LogP contribution in [0.4, 0.5) is 5.69 Å². The molecule has 0 aromatic heterocycles. The number of anilines is 1. The van der Waals surface area contributed by atoms with Gasteiger partial charge in [-0.05, 0) is 57.6 Å². The number of benzene rings is 1. The molecule has 3 atom stereocenters. The Bertz CT molecular complexity index is 752. The van der Waals surface area contributed by atoms with Gasteiger partial charge in [0.2, 0.25) is 0 Å². The number of nitrogens with one attached hydrogen (secondary N) is 2. The van der Waals surface area contributed by atoms with Gasteiger partial charge in [-0.1, -0.05) is 12.8 Å². The summed E-state index contributed by atoms with van der Waals surface area (Å²) in [4.78, 5) is 28.5. The number of piperidine rings is 1. The van der Waals surface area contributed by atoms with Crippen molar-refractivity contribution in [1.29, 1.82) is 0 Å². The van der Waals surface area contributed by atoms with Crippen LogP contribution in [0, 0.1) is 5.92 Å². The number of ether oxygens (including phenoxy) is 2. The third-order valence-corrected chi connectivity index (χ3v) is 6.31. The lowest BCUT2D eigenvalue weighted by molar-refractivity contribution is -0.862. The molecule has 7 nitrogen and oxygen atoms in total. The van der Waals surface area contributed by atoms with Crippen LogP contribution in [0.1, 0.15) is 52.4 Å². The maximum atomic E-state index is 13.0. The molecule has 0 radical (unpaired) electrons. The van der Waals surface area contributed by atoms with E-state index >= 15 is 0 Å². The van der Waals surface area contributed by atoms with E-state index in [2.05, 4.69) is 10.2 Å². The van der Waals surface area contributed by atoms with Gasteiger partial charge in [0.15, 0.2) is 24.6 Å². The van der Waals surface area contributed by atoms with Crippen molar-refractivity contribution in [3.63, 3.8) is 0 Å². The minimum atomic E-state index is -0.119. The molecule has 1 unspecified atom stereocenters. The van der Waals surface area contributed by atoms with E-state index in [1.165, 1.54) is 25.7 Å². The Morgan fingerprint density at radius 3 is 2.52 bits per heavy atom.